The first kappa shape index (κ1) is 29.3. The van der Waals surface area contributed by atoms with Gasteiger partial charge in [0.05, 0.1) is 15.5 Å². The van der Waals surface area contributed by atoms with Gasteiger partial charge < -0.3 is 10.2 Å². The molecule has 2 amide bonds. The van der Waals surface area contributed by atoms with E-state index in [1.165, 1.54) is 35.2 Å². The SMILES string of the molecule is CCCNC(=O)[C@@H](C)N(Cc1ccccc1C)C(=O)CN(c1cccc([N+](=O)[O-])c1)S(=O)(=O)c1ccccc1. The highest BCUT2D eigenvalue weighted by Gasteiger charge is 2.33. The zero-order valence-corrected chi connectivity index (χ0v) is 22.9. The maximum absolute atomic E-state index is 13.9. The monoisotopic (exact) mass is 552 g/mol. The number of aryl methyl sites for hydroxylation is 1. The Balaban J connectivity index is 2.06. The van der Waals surface area contributed by atoms with Crippen LogP contribution in [0.15, 0.2) is 83.8 Å². The summed E-state index contributed by atoms with van der Waals surface area (Å²) in [5, 5.41) is 14.2. The number of carbonyl (C=O) groups excluding carboxylic acids is 2. The van der Waals surface area contributed by atoms with Crippen molar-refractivity contribution in [2.75, 3.05) is 17.4 Å². The smallest absolute Gasteiger partial charge is 0.271 e. The van der Waals surface area contributed by atoms with Gasteiger partial charge in [-0.15, -0.1) is 0 Å². The molecule has 3 aromatic carbocycles. The van der Waals surface area contributed by atoms with E-state index >= 15 is 0 Å². The Labute approximate surface area is 228 Å². The Hall–Kier alpha value is -4.25. The van der Waals surface area contributed by atoms with Gasteiger partial charge in [-0.3, -0.25) is 24.0 Å². The normalized spacial score (nSPS) is 11.9. The summed E-state index contributed by atoms with van der Waals surface area (Å²) in [6.45, 7) is 5.21. The Kier molecular flexibility index (Phi) is 9.78. The number of nitrogens with zero attached hydrogens (tertiary/aromatic N) is 3. The van der Waals surface area contributed by atoms with Crippen LogP contribution in [-0.2, 0) is 26.2 Å². The fourth-order valence-corrected chi connectivity index (χ4v) is 5.39. The van der Waals surface area contributed by atoms with E-state index in [0.29, 0.717) is 13.0 Å². The second-order valence-corrected chi connectivity index (χ2v) is 10.9. The van der Waals surface area contributed by atoms with Crippen molar-refractivity contribution in [3.63, 3.8) is 0 Å². The first-order chi connectivity index (χ1) is 18.6. The summed E-state index contributed by atoms with van der Waals surface area (Å²) < 4.78 is 28.3. The molecule has 0 spiro atoms. The molecular formula is C28H32N4O6S. The van der Waals surface area contributed by atoms with Crippen molar-refractivity contribution in [1.29, 1.82) is 0 Å². The Morgan fingerprint density at radius 1 is 1.00 bits per heavy atom. The second-order valence-electron chi connectivity index (χ2n) is 9.02. The number of hydrogen-bond donors (Lipinski definition) is 1. The summed E-state index contributed by atoms with van der Waals surface area (Å²) in [7, 11) is -4.30. The summed E-state index contributed by atoms with van der Waals surface area (Å²) in [6.07, 6.45) is 0.708. The van der Waals surface area contributed by atoms with Crippen LogP contribution < -0.4 is 9.62 Å². The third-order valence-corrected chi connectivity index (χ3v) is 8.05. The fourth-order valence-electron chi connectivity index (χ4n) is 3.96. The minimum absolute atomic E-state index is 0.0414. The highest BCUT2D eigenvalue weighted by Crippen LogP contribution is 2.27. The van der Waals surface area contributed by atoms with Gasteiger partial charge in [-0.25, -0.2) is 8.42 Å². The molecule has 39 heavy (non-hydrogen) atoms. The number of sulfonamides is 1. The second kappa shape index (κ2) is 13.0. The first-order valence-electron chi connectivity index (χ1n) is 12.5. The highest BCUT2D eigenvalue weighted by atomic mass is 32.2. The molecule has 206 valence electrons. The van der Waals surface area contributed by atoms with Crippen LogP contribution in [0.1, 0.15) is 31.4 Å². The van der Waals surface area contributed by atoms with Crippen LogP contribution in [0.2, 0.25) is 0 Å². The van der Waals surface area contributed by atoms with Crippen LogP contribution in [0.5, 0.6) is 0 Å². The molecule has 0 heterocycles. The van der Waals surface area contributed by atoms with Crippen LogP contribution >= 0.6 is 0 Å². The molecule has 0 aliphatic carbocycles. The lowest BCUT2D eigenvalue weighted by Gasteiger charge is -2.32. The standard InChI is InChI=1S/C28H32N4O6S/c1-4-17-29-28(34)22(3)30(19-23-12-9-8-11-21(23)2)27(33)20-31(24-13-10-14-25(18-24)32(35)36)39(37,38)26-15-6-5-7-16-26/h5-16,18,22H,4,17,19-20H2,1-3H3,(H,29,34)/t22-/m1/s1. The number of carbonyl (C=O) groups is 2. The number of nitrogens with one attached hydrogen (secondary N) is 1. The number of non-ortho nitro benzene ring substituents is 1. The van der Waals surface area contributed by atoms with Gasteiger partial charge in [0.1, 0.15) is 12.6 Å². The van der Waals surface area contributed by atoms with Gasteiger partial charge in [0, 0.05) is 25.2 Å². The zero-order chi connectivity index (χ0) is 28.6. The van der Waals surface area contributed by atoms with Crippen LogP contribution in [0.3, 0.4) is 0 Å². The molecular weight excluding hydrogens is 520 g/mol. The van der Waals surface area contributed by atoms with Gasteiger partial charge in [0.15, 0.2) is 0 Å². The average molecular weight is 553 g/mol. The van der Waals surface area contributed by atoms with Gasteiger partial charge >= 0.3 is 0 Å². The lowest BCUT2D eigenvalue weighted by molar-refractivity contribution is -0.384. The molecule has 1 atom stereocenters. The van der Waals surface area contributed by atoms with E-state index in [4.69, 9.17) is 0 Å². The average Bonchev–Trinajstić information content (AvgIpc) is 2.94. The summed E-state index contributed by atoms with van der Waals surface area (Å²) in [6, 6.07) is 19.1. The maximum Gasteiger partial charge on any atom is 0.271 e. The van der Waals surface area contributed by atoms with Gasteiger partial charge in [-0.05, 0) is 49.6 Å². The molecule has 0 saturated heterocycles. The van der Waals surface area contributed by atoms with Crippen LogP contribution in [-0.4, -0.2) is 49.2 Å². The predicted octanol–water partition coefficient (Wildman–Crippen LogP) is 4.04. The van der Waals surface area contributed by atoms with Crippen molar-refractivity contribution in [2.24, 2.45) is 0 Å². The van der Waals surface area contributed by atoms with Crippen molar-refractivity contribution < 1.29 is 22.9 Å². The third kappa shape index (κ3) is 7.20. The van der Waals surface area contributed by atoms with Crippen molar-refractivity contribution in [3.05, 3.63) is 100 Å². The molecule has 0 radical (unpaired) electrons. The number of nitro groups is 1. The van der Waals surface area contributed by atoms with Crippen LogP contribution in [0.25, 0.3) is 0 Å². The Morgan fingerprint density at radius 2 is 1.67 bits per heavy atom. The van der Waals surface area contributed by atoms with Crippen molar-refractivity contribution in [1.82, 2.24) is 10.2 Å². The summed E-state index contributed by atoms with van der Waals surface area (Å²) >= 11 is 0. The van der Waals surface area contributed by atoms with Gasteiger partial charge in [-0.2, -0.15) is 0 Å². The molecule has 0 unspecified atom stereocenters. The number of nitro benzene ring substituents is 1. The molecule has 1 N–H and O–H groups in total. The minimum Gasteiger partial charge on any atom is -0.354 e. The fraction of sp³-hybridized carbons (Fsp3) is 0.286. The van der Waals surface area contributed by atoms with E-state index in [9.17, 15) is 28.1 Å². The number of hydrogen-bond acceptors (Lipinski definition) is 6. The largest absolute Gasteiger partial charge is 0.354 e. The molecule has 0 saturated carbocycles. The molecule has 0 bridgehead atoms. The van der Waals surface area contributed by atoms with Crippen LogP contribution in [0.4, 0.5) is 11.4 Å². The molecule has 11 heteroatoms. The van der Waals surface area contributed by atoms with E-state index in [-0.39, 0.29) is 28.7 Å². The molecule has 0 aliphatic rings. The first-order valence-corrected chi connectivity index (χ1v) is 13.9. The minimum atomic E-state index is -4.30. The van der Waals surface area contributed by atoms with Crippen LogP contribution in [0, 0.1) is 17.0 Å². The molecule has 0 aliphatic heterocycles. The summed E-state index contributed by atoms with van der Waals surface area (Å²) in [5.74, 6) is -1.00. The van der Waals surface area contributed by atoms with Crippen molar-refractivity contribution in [2.45, 2.75) is 44.7 Å². The Bertz CT molecular complexity index is 1430. The topological polar surface area (TPSA) is 130 Å². The van der Waals surface area contributed by atoms with E-state index < -0.39 is 33.4 Å². The molecule has 3 aromatic rings. The predicted molar refractivity (Wildman–Crippen MR) is 149 cm³/mol. The maximum atomic E-state index is 13.9. The number of anilines is 1. The van der Waals surface area contributed by atoms with E-state index in [2.05, 4.69) is 5.32 Å². The quantitative estimate of drug-likeness (QED) is 0.267. The number of rotatable bonds is 12. The van der Waals surface area contributed by atoms with Gasteiger partial charge in [0.25, 0.3) is 15.7 Å². The summed E-state index contributed by atoms with van der Waals surface area (Å²) in [5.41, 5.74) is 1.34. The summed E-state index contributed by atoms with van der Waals surface area (Å²) in [4.78, 5) is 38.8. The van der Waals surface area contributed by atoms with Crippen molar-refractivity contribution in [3.8, 4) is 0 Å². The lowest BCUT2D eigenvalue weighted by Crippen LogP contribution is -2.51. The molecule has 3 rings (SSSR count). The number of benzene rings is 3. The third-order valence-electron chi connectivity index (χ3n) is 6.26. The van der Waals surface area contributed by atoms with Gasteiger partial charge in [-0.1, -0.05) is 55.5 Å². The number of amides is 2. The van der Waals surface area contributed by atoms with E-state index in [0.717, 1.165) is 21.5 Å². The Morgan fingerprint density at radius 3 is 2.31 bits per heavy atom. The molecule has 10 nitrogen and oxygen atoms in total. The lowest BCUT2D eigenvalue weighted by atomic mass is 10.1. The zero-order valence-electron chi connectivity index (χ0n) is 22.1. The molecule has 0 fully saturated rings. The molecule has 0 aromatic heterocycles. The van der Waals surface area contributed by atoms with Gasteiger partial charge in [0.2, 0.25) is 11.8 Å². The van der Waals surface area contributed by atoms with Crippen molar-refractivity contribution >= 4 is 33.2 Å². The van der Waals surface area contributed by atoms with E-state index in [1.807, 2.05) is 38.1 Å². The van der Waals surface area contributed by atoms with E-state index in [1.54, 1.807) is 25.1 Å². The highest BCUT2D eigenvalue weighted by molar-refractivity contribution is 7.92.